The number of aromatic nitrogens is 1. The van der Waals surface area contributed by atoms with Crippen LogP contribution in [-0.2, 0) is 9.59 Å². The van der Waals surface area contributed by atoms with Crippen LogP contribution in [0.5, 0.6) is 0 Å². The molecule has 3 N–H and O–H groups in total. The number of hydrogen-bond donors (Lipinski definition) is 3. The van der Waals surface area contributed by atoms with Gasteiger partial charge >= 0.3 is 0 Å². The summed E-state index contributed by atoms with van der Waals surface area (Å²) in [6, 6.07) is 9.92. The first-order valence-electron chi connectivity index (χ1n) is 8.44. The van der Waals surface area contributed by atoms with Crippen LogP contribution in [0.1, 0.15) is 18.4 Å². The first-order chi connectivity index (χ1) is 12.0. The van der Waals surface area contributed by atoms with Gasteiger partial charge in [0.25, 0.3) is 11.8 Å². The van der Waals surface area contributed by atoms with E-state index in [4.69, 9.17) is 4.52 Å². The highest BCUT2D eigenvalue weighted by atomic mass is 16.5. The lowest BCUT2D eigenvalue weighted by atomic mass is 10.1. The van der Waals surface area contributed by atoms with Crippen molar-refractivity contribution in [1.82, 2.24) is 10.5 Å². The van der Waals surface area contributed by atoms with Crippen molar-refractivity contribution in [3.63, 3.8) is 0 Å². The standard InChI is InChI=1S/C18H22N4O3/c1-12-3-5-13(6-4-12)15-9-18(25-21-15)20-17(24)11-22(2)10-16(23)19-14-7-8-14/h3-6,9,14H,7-8,10-11H2,1-2H3,(H,19,23)(H,20,24)/p+1. The van der Waals surface area contributed by atoms with Crippen LogP contribution in [0.3, 0.4) is 0 Å². The zero-order valence-electron chi connectivity index (χ0n) is 14.5. The van der Waals surface area contributed by atoms with Gasteiger partial charge in [-0.25, -0.2) is 0 Å². The molecule has 1 aromatic heterocycles. The van der Waals surface area contributed by atoms with E-state index in [1.54, 1.807) is 6.07 Å². The van der Waals surface area contributed by atoms with E-state index in [9.17, 15) is 9.59 Å². The van der Waals surface area contributed by atoms with Crippen molar-refractivity contribution < 1.29 is 19.0 Å². The van der Waals surface area contributed by atoms with Gasteiger partial charge in [-0.05, 0) is 19.8 Å². The van der Waals surface area contributed by atoms with E-state index in [2.05, 4.69) is 15.8 Å². The lowest BCUT2D eigenvalue weighted by Crippen LogP contribution is -3.11. The van der Waals surface area contributed by atoms with Crippen LogP contribution in [0.4, 0.5) is 5.88 Å². The first-order valence-corrected chi connectivity index (χ1v) is 8.44. The maximum absolute atomic E-state index is 12.1. The number of quaternary nitrogens is 1. The molecule has 1 aliphatic carbocycles. The number of benzene rings is 1. The van der Waals surface area contributed by atoms with E-state index in [0.29, 0.717) is 17.6 Å². The van der Waals surface area contributed by atoms with Crippen LogP contribution in [0, 0.1) is 6.92 Å². The zero-order chi connectivity index (χ0) is 17.8. The molecule has 1 heterocycles. The number of aryl methyl sites for hydroxylation is 1. The van der Waals surface area contributed by atoms with Crippen molar-refractivity contribution in [3.8, 4) is 11.3 Å². The number of hydrogen-bond acceptors (Lipinski definition) is 4. The molecular weight excluding hydrogens is 320 g/mol. The fraction of sp³-hybridized carbons (Fsp3) is 0.389. The van der Waals surface area contributed by atoms with Crippen LogP contribution in [0.2, 0.25) is 0 Å². The lowest BCUT2D eigenvalue weighted by Gasteiger charge is -2.12. The summed E-state index contributed by atoms with van der Waals surface area (Å²) < 4.78 is 5.17. The topological polar surface area (TPSA) is 88.7 Å². The summed E-state index contributed by atoms with van der Waals surface area (Å²) in [7, 11) is 1.81. The number of likely N-dealkylation sites (N-methyl/N-ethyl adjacent to an activating group) is 1. The molecule has 0 aliphatic heterocycles. The van der Waals surface area contributed by atoms with Gasteiger partial charge in [-0.1, -0.05) is 35.0 Å². The van der Waals surface area contributed by atoms with Gasteiger partial charge in [0.2, 0.25) is 5.88 Å². The van der Waals surface area contributed by atoms with Crippen LogP contribution in [-0.4, -0.2) is 43.2 Å². The van der Waals surface area contributed by atoms with Crippen molar-refractivity contribution in [2.75, 3.05) is 25.5 Å². The normalized spacial score (nSPS) is 14.8. The molecular formula is C18H23N4O3+. The third-order valence-corrected chi connectivity index (χ3v) is 3.99. The Kier molecular flexibility index (Phi) is 5.14. The molecule has 2 aromatic rings. The second-order valence-electron chi connectivity index (χ2n) is 6.64. The predicted molar refractivity (Wildman–Crippen MR) is 93.1 cm³/mol. The molecule has 1 atom stereocenters. The Morgan fingerprint density at radius 1 is 1.20 bits per heavy atom. The predicted octanol–water partition coefficient (Wildman–Crippen LogP) is 0.382. The fourth-order valence-corrected chi connectivity index (χ4v) is 2.49. The SMILES string of the molecule is Cc1ccc(-c2cc(NC(=O)C[NH+](C)CC(=O)NC3CC3)on2)cc1. The molecule has 0 saturated heterocycles. The van der Waals surface area contributed by atoms with Crippen LogP contribution in [0.15, 0.2) is 34.9 Å². The summed E-state index contributed by atoms with van der Waals surface area (Å²) in [5, 5.41) is 9.57. The summed E-state index contributed by atoms with van der Waals surface area (Å²) in [6.45, 7) is 2.47. The third kappa shape index (κ3) is 5.15. The molecule has 0 radical (unpaired) electrons. The maximum atomic E-state index is 12.1. The highest BCUT2D eigenvalue weighted by molar-refractivity contribution is 5.90. The summed E-state index contributed by atoms with van der Waals surface area (Å²) in [6.07, 6.45) is 2.11. The van der Waals surface area contributed by atoms with Crippen molar-refractivity contribution in [1.29, 1.82) is 0 Å². The number of amides is 2. The third-order valence-electron chi connectivity index (χ3n) is 3.99. The number of rotatable bonds is 7. The Labute approximate surface area is 146 Å². The number of carbonyl (C=O) groups excluding carboxylic acids is 2. The summed E-state index contributed by atoms with van der Waals surface area (Å²) >= 11 is 0. The van der Waals surface area contributed by atoms with Gasteiger partial charge < -0.3 is 14.7 Å². The van der Waals surface area contributed by atoms with Gasteiger partial charge in [0.15, 0.2) is 13.1 Å². The Morgan fingerprint density at radius 2 is 1.88 bits per heavy atom. The highest BCUT2D eigenvalue weighted by Crippen LogP contribution is 2.21. The minimum Gasteiger partial charge on any atom is -0.348 e. The zero-order valence-corrected chi connectivity index (χ0v) is 14.5. The molecule has 0 spiro atoms. The average Bonchev–Trinajstić information content (AvgIpc) is 3.23. The Hall–Kier alpha value is -2.67. The molecule has 1 unspecified atom stereocenters. The van der Waals surface area contributed by atoms with E-state index in [1.807, 2.05) is 38.2 Å². The Morgan fingerprint density at radius 3 is 2.56 bits per heavy atom. The highest BCUT2D eigenvalue weighted by Gasteiger charge is 2.25. The number of nitrogens with one attached hydrogen (secondary N) is 3. The molecule has 7 nitrogen and oxygen atoms in total. The van der Waals surface area contributed by atoms with Gasteiger partial charge in [-0.2, -0.15) is 0 Å². The lowest BCUT2D eigenvalue weighted by molar-refractivity contribution is -0.862. The number of carbonyl (C=O) groups is 2. The monoisotopic (exact) mass is 343 g/mol. The van der Waals surface area contributed by atoms with E-state index in [-0.39, 0.29) is 24.9 Å². The molecule has 1 aliphatic rings. The average molecular weight is 343 g/mol. The number of anilines is 1. The second kappa shape index (κ2) is 7.48. The van der Waals surface area contributed by atoms with Gasteiger partial charge in [0.05, 0.1) is 7.05 Å². The van der Waals surface area contributed by atoms with Crippen molar-refractivity contribution in [2.45, 2.75) is 25.8 Å². The second-order valence-corrected chi connectivity index (χ2v) is 6.64. The molecule has 25 heavy (non-hydrogen) atoms. The number of nitrogens with zero attached hydrogens (tertiary/aromatic N) is 1. The van der Waals surface area contributed by atoms with Crippen LogP contribution in [0.25, 0.3) is 11.3 Å². The van der Waals surface area contributed by atoms with E-state index in [1.165, 1.54) is 0 Å². The molecule has 1 fully saturated rings. The van der Waals surface area contributed by atoms with Crippen molar-refractivity contribution in [2.24, 2.45) is 0 Å². The van der Waals surface area contributed by atoms with E-state index in [0.717, 1.165) is 28.9 Å². The fourth-order valence-electron chi connectivity index (χ4n) is 2.49. The van der Waals surface area contributed by atoms with Gasteiger partial charge in [0, 0.05) is 17.7 Å². The van der Waals surface area contributed by atoms with Crippen molar-refractivity contribution >= 4 is 17.7 Å². The van der Waals surface area contributed by atoms with Gasteiger partial charge in [-0.3, -0.25) is 14.9 Å². The molecule has 7 heteroatoms. The molecule has 2 amide bonds. The van der Waals surface area contributed by atoms with Gasteiger partial charge in [-0.15, -0.1) is 0 Å². The molecule has 132 valence electrons. The smallest absolute Gasteiger partial charge is 0.281 e. The van der Waals surface area contributed by atoms with Crippen LogP contribution >= 0.6 is 0 Å². The maximum Gasteiger partial charge on any atom is 0.281 e. The van der Waals surface area contributed by atoms with E-state index < -0.39 is 0 Å². The molecule has 0 bridgehead atoms. The molecule has 1 aromatic carbocycles. The van der Waals surface area contributed by atoms with Crippen LogP contribution < -0.4 is 15.5 Å². The largest absolute Gasteiger partial charge is 0.348 e. The summed E-state index contributed by atoms with van der Waals surface area (Å²) in [5.41, 5.74) is 2.76. The minimum atomic E-state index is -0.219. The van der Waals surface area contributed by atoms with Gasteiger partial charge in [0.1, 0.15) is 5.69 Å². The Balaban J connectivity index is 1.49. The summed E-state index contributed by atoms with van der Waals surface area (Å²) in [4.78, 5) is 24.6. The van der Waals surface area contributed by atoms with Crippen molar-refractivity contribution in [3.05, 3.63) is 35.9 Å². The summed E-state index contributed by atoms with van der Waals surface area (Å²) in [5.74, 6) is 0.0632. The first kappa shape index (κ1) is 17.2. The Bertz CT molecular complexity index is 750. The molecule has 1 saturated carbocycles. The quantitative estimate of drug-likeness (QED) is 0.678. The minimum absolute atomic E-state index is 0.0193. The van der Waals surface area contributed by atoms with E-state index >= 15 is 0 Å². The molecule has 3 rings (SSSR count).